The van der Waals surface area contributed by atoms with Crippen molar-refractivity contribution in [3.63, 3.8) is 0 Å². The minimum absolute atomic E-state index is 0. The van der Waals surface area contributed by atoms with Gasteiger partial charge in [-0.1, -0.05) is 44.2 Å². The summed E-state index contributed by atoms with van der Waals surface area (Å²) in [6, 6.07) is 10.6. The number of amides is 1. The van der Waals surface area contributed by atoms with Gasteiger partial charge in [0.05, 0.1) is 12.6 Å². The van der Waals surface area contributed by atoms with Crippen LogP contribution in [0.3, 0.4) is 0 Å². The van der Waals surface area contributed by atoms with Gasteiger partial charge in [-0.05, 0) is 32.3 Å². The molecule has 31 heavy (non-hydrogen) atoms. The number of carbonyl (C=O) groups excluding carboxylic acids is 1. The molecule has 0 aliphatic carbocycles. The Hall–Kier alpha value is -1.35. The Kier molecular flexibility index (Phi) is 10.1. The molecule has 0 saturated carbocycles. The van der Waals surface area contributed by atoms with Crippen molar-refractivity contribution in [2.75, 3.05) is 52.4 Å². The number of hydrogen-bond donors (Lipinski definition) is 1. The van der Waals surface area contributed by atoms with Crippen molar-refractivity contribution in [1.29, 1.82) is 0 Å². The van der Waals surface area contributed by atoms with E-state index < -0.39 is 0 Å². The molecule has 2 fully saturated rings. The lowest BCUT2D eigenvalue weighted by molar-refractivity contribution is -0.135. The molecule has 1 aromatic rings. The van der Waals surface area contributed by atoms with Gasteiger partial charge in [0, 0.05) is 51.2 Å². The van der Waals surface area contributed by atoms with Crippen molar-refractivity contribution in [1.82, 2.24) is 20.0 Å². The van der Waals surface area contributed by atoms with Crippen LogP contribution in [0.15, 0.2) is 35.3 Å². The lowest BCUT2D eigenvalue weighted by atomic mass is 9.85. The number of likely N-dealkylation sites (tertiary alicyclic amines) is 1. The summed E-state index contributed by atoms with van der Waals surface area (Å²) in [7, 11) is 0. The van der Waals surface area contributed by atoms with E-state index in [1.54, 1.807) is 0 Å². The molecule has 6 nitrogen and oxygen atoms in total. The van der Waals surface area contributed by atoms with Gasteiger partial charge in [-0.25, -0.2) is 0 Å². The normalized spacial score (nSPS) is 19.2. The highest BCUT2D eigenvalue weighted by molar-refractivity contribution is 14.0. The second-order valence-corrected chi connectivity index (χ2v) is 9.15. The summed E-state index contributed by atoms with van der Waals surface area (Å²) < 4.78 is 0. The van der Waals surface area contributed by atoms with Gasteiger partial charge >= 0.3 is 0 Å². The van der Waals surface area contributed by atoms with E-state index in [0.29, 0.717) is 5.91 Å². The van der Waals surface area contributed by atoms with E-state index in [9.17, 15) is 4.79 Å². The van der Waals surface area contributed by atoms with Gasteiger partial charge in [0.2, 0.25) is 5.91 Å². The molecule has 0 bridgehead atoms. The maximum absolute atomic E-state index is 12.7. The van der Waals surface area contributed by atoms with Crippen molar-refractivity contribution >= 4 is 35.8 Å². The number of rotatable bonds is 6. The van der Waals surface area contributed by atoms with Crippen LogP contribution >= 0.6 is 24.0 Å². The largest absolute Gasteiger partial charge is 0.357 e. The zero-order valence-electron chi connectivity index (χ0n) is 19.6. The van der Waals surface area contributed by atoms with Crippen LogP contribution in [0.25, 0.3) is 0 Å². The summed E-state index contributed by atoms with van der Waals surface area (Å²) in [5.74, 6) is 1.28. The van der Waals surface area contributed by atoms with E-state index in [1.807, 2.05) is 4.90 Å². The molecule has 0 aromatic heterocycles. The lowest BCUT2D eigenvalue weighted by Crippen LogP contribution is -2.57. The first kappa shape index (κ1) is 25.9. The van der Waals surface area contributed by atoms with Crippen LogP contribution in [0.2, 0.25) is 0 Å². The van der Waals surface area contributed by atoms with Crippen LogP contribution in [0.4, 0.5) is 0 Å². The Labute approximate surface area is 205 Å². The molecular weight excluding hydrogens is 501 g/mol. The van der Waals surface area contributed by atoms with E-state index in [1.165, 1.54) is 5.56 Å². The van der Waals surface area contributed by atoms with E-state index in [4.69, 9.17) is 4.99 Å². The fourth-order valence-corrected chi connectivity index (χ4v) is 4.36. The molecule has 2 saturated heterocycles. The molecule has 3 rings (SSSR count). The second kappa shape index (κ2) is 12.0. The van der Waals surface area contributed by atoms with Gasteiger partial charge < -0.3 is 15.1 Å². The molecule has 1 unspecified atom stereocenters. The van der Waals surface area contributed by atoms with Crippen LogP contribution in [-0.4, -0.2) is 85.0 Å². The minimum atomic E-state index is -0.0261. The van der Waals surface area contributed by atoms with Crippen LogP contribution < -0.4 is 5.32 Å². The topological polar surface area (TPSA) is 51.2 Å². The van der Waals surface area contributed by atoms with Crippen LogP contribution in [-0.2, 0) is 10.2 Å². The fourth-order valence-electron chi connectivity index (χ4n) is 4.36. The number of nitrogens with one attached hydrogen (secondary N) is 1. The number of nitrogens with zero attached hydrogens (tertiary/aromatic N) is 4. The smallest absolute Gasteiger partial charge is 0.239 e. The standard InChI is InChI=1S/C24H39N5O.HI/c1-5-25-23(26-19-24(3,4)21-11-7-6-8-12-21)29-17-15-27(16-18-29)20(2)22(30)28-13-9-10-14-28;/h6-8,11-12,20H,5,9-10,13-19H2,1-4H3,(H,25,26);1H. The van der Waals surface area contributed by atoms with E-state index in [0.717, 1.165) is 71.2 Å². The molecule has 1 atom stereocenters. The maximum atomic E-state index is 12.7. The first-order valence-electron chi connectivity index (χ1n) is 11.5. The van der Waals surface area contributed by atoms with Gasteiger partial charge in [0.25, 0.3) is 0 Å². The third kappa shape index (κ3) is 6.81. The van der Waals surface area contributed by atoms with Gasteiger partial charge in [-0.15, -0.1) is 24.0 Å². The van der Waals surface area contributed by atoms with Crippen molar-refractivity contribution in [3.05, 3.63) is 35.9 Å². The number of aliphatic imine (C=N–C) groups is 1. The summed E-state index contributed by atoms with van der Waals surface area (Å²) in [5.41, 5.74) is 1.30. The number of carbonyl (C=O) groups is 1. The molecule has 1 N–H and O–H groups in total. The summed E-state index contributed by atoms with van der Waals surface area (Å²) in [5, 5.41) is 3.47. The first-order valence-corrected chi connectivity index (χ1v) is 11.5. The van der Waals surface area contributed by atoms with Gasteiger partial charge in [-0.3, -0.25) is 14.7 Å². The number of hydrogen-bond acceptors (Lipinski definition) is 3. The lowest BCUT2D eigenvalue weighted by Gasteiger charge is -2.39. The molecule has 2 aliphatic rings. The summed E-state index contributed by atoms with van der Waals surface area (Å²) >= 11 is 0. The molecule has 0 spiro atoms. The van der Waals surface area contributed by atoms with Crippen LogP contribution in [0.1, 0.15) is 46.1 Å². The number of piperazine rings is 1. The number of guanidine groups is 1. The molecule has 174 valence electrons. The molecule has 0 radical (unpaired) electrons. The zero-order chi connectivity index (χ0) is 21.6. The Bertz CT molecular complexity index is 710. The monoisotopic (exact) mass is 541 g/mol. The van der Waals surface area contributed by atoms with E-state index in [-0.39, 0.29) is 35.4 Å². The average molecular weight is 542 g/mol. The molecule has 1 aromatic carbocycles. The average Bonchev–Trinajstić information content (AvgIpc) is 3.31. The summed E-state index contributed by atoms with van der Waals surface area (Å²) in [4.78, 5) is 24.4. The predicted octanol–water partition coefficient (Wildman–Crippen LogP) is 3.18. The highest BCUT2D eigenvalue weighted by atomic mass is 127. The Morgan fingerprint density at radius 1 is 1.03 bits per heavy atom. The fraction of sp³-hybridized carbons (Fsp3) is 0.667. The Morgan fingerprint density at radius 2 is 1.65 bits per heavy atom. The molecule has 2 heterocycles. The quantitative estimate of drug-likeness (QED) is 0.342. The first-order chi connectivity index (χ1) is 14.4. The van der Waals surface area contributed by atoms with Gasteiger partial charge in [0.1, 0.15) is 0 Å². The minimum Gasteiger partial charge on any atom is -0.357 e. The predicted molar refractivity (Wildman–Crippen MR) is 139 cm³/mol. The number of halogens is 1. The third-order valence-corrected chi connectivity index (χ3v) is 6.45. The third-order valence-electron chi connectivity index (χ3n) is 6.45. The van der Waals surface area contributed by atoms with Crippen LogP contribution in [0.5, 0.6) is 0 Å². The Morgan fingerprint density at radius 3 is 2.23 bits per heavy atom. The molecule has 7 heteroatoms. The van der Waals surface area contributed by atoms with Crippen molar-refractivity contribution < 1.29 is 4.79 Å². The highest BCUT2D eigenvalue weighted by Crippen LogP contribution is 2.23. The molecule has 1 amide bonds. The van der Waals surface area contributed by atoms with E-state index in [2.05, 4.69) is 73.1 Å². The van der Waals surface area contributed by atoms with Crippen molar-refractivity contribution in [2.24, 2.45) is 4.99 Å². The summed E-state index contributed by atoms with van der Waals surface area (Å²) in [6.07, 6.45) is 2.29. The summed E-state index contributed by atoms with van der Waals surface area (Å²) in [6.45, 7) is 15.7. The zero-order valence-corrected chi connectivity index (χ0v) is 22.0. The van der Waals surface area contributed by atoms with Crippen molar-refractivity contribution in [2.45, 2.75) is 52.0 Å². The molecule has 2 aliphatic heterocycles. The SMILES string of the molecule is CCNC(=NCC(C)(C)c1ccccc1)N1CCN(C(C)C(=O)N2CCCC2)CC1.I. The van der Waals surface area contributed by atoms with E-state index >= 15 is 0 Å². The van der Waals surface area contributed by atoms with Gasteiger partial charge in [0.15, 0.2) is 5.96 Å². The highest BCUT2D eigenvalue weighted by Gasteiger charge is 2.30. The molecular formula is C24H40IN5O. The second-order valence-electron chi connectivity index (χ2n) is 9.15. The van der Waals surface area contributed by atoms with Crippen LogP contribution in [0, 0.1) is 0 Å². The number of benzene rings is 1. The van der Waals surface area contributed by atoms with Gasteiger partial charge in [-0.2, -0.15) is 0 Å². The Balaban J connectivity index is 0.00000341. The maximum Gasteiger partial charge on any atom is 0.239 e. The van der Waals surface area contributed by atoms with Crippen molar-refractivity contribution in [3.8, 4) is 0 Å².